The van der Waals surface area contributed by atoms with Crippen LogP contribution in [-0.4, -0.2) is 26.3 Å². The van der Waals surface area contributed by atoms with Crippen LogP contribution in [0.5, 0.6) is 0 Å². The molecule has 0 amide bonds. The van der Waals surface area contributed by atoms with Gasteiger partial charge >= 0.3 is 0 Å². The summed E-state index contributed by atoms with van der Waals surface area (Å²) < 4.78 is 2.00. The van der Waals surface area contributed by atoms with Crippen molar-refractivity contribution in [2.24, 2.45) is 0 Å². The molecule has 1 unspecified atom stereocenters. The topological polar surface area (TPSA) is 55.6 Å². The second kappa shape index (κ2) is 3.71. The second-order valence-electron chi connectivity index (χ2n) is 2.34. The number of aromatic nitrogens is 4. The van der Waals surface area contributed by atoms with Gasteiger partial charge in [-0.25, -0.2) is 15.0 Å². The zero-order valence-corrected chi connectivity index (χ0v) is 9.98. The molecule has 0 spiro atoms. The average Bonchev–Trinajstić information content (AvgIpc) is 2.60. The van der Waals surface area contributed by atoms with Crippen LogP contribution >= 0.6 is 28.4 Å². The lowest BCUT2D eigenvalue weighted by Crippen LogP contribution is -1.94. The first-order chi connectivity index (χ1) is 6.36. The average molecular weight is 307 g/mol. The Balaban J connectivity index is 2.72. The van der Waals surface area contributed by atoms with Gasteiger partial charge in [0.2, 0.25) is 0 Å². The lowest BCUT2D eigenvalue weighted by Gasteiger charge is -1.99. The van der Waals surface area contributed by atoms with Crippen LogP contribution < -0.4 is 5.32 Å². The number of imidazole rings is 1. The molecule has 1 atom stereocenters. The molecule has 0 aliphatic rings. The van der Waals surface area contributed by atoms with Crippen LogP contribution in [0, 0.1) is 0 Å². The highest BCUT2D eigenvalue weighted by Gasteiger charge is 2.07. The van der Waals surface area contributed by atoms with Crippen LogP contribution in [0.25, 0.3) is 11.2 Å². The lowest BCUT2D eigenvalue weighted by atomic mass is 10.5. The van der Waals surface area contributed by atoms with Crippen molar-refractivity contribution in [1.82, 2.24) is 19.3 Å². The van der Waals surface area contributed by atoms with E-state index in [1.165, 1.54) is 0 Å². The summed E-state index contributed by atoms with van der Waals surface area (Å²) in [5.74, 6) is 0.776. The van der Waals surface area contributed by atoms with Crippen molar-refractivity contribution in [2.75, 3.05) is 12.4 Å². The fraction of sp³-hybridized carbons (Fsp3) is 0.167. The molecule has 13 heavy (non-hydrogen) atoms. The van der Waals surface area contributed by atoms with E-state index in [0.717, 1.165) is 17.0 Å². The van der Waals surface area contributed by atoms with Gasteiger partial charge in [-0.15, -0.1) is 0 Å². The first-order valence-electron chi connectivity index (χ1n) is 3.59. The van der Waals surface area contributed by atoms with E-state index >= 15 is 0 Å². The summed E-state index contributed by atoms with van der Waals surface area (Å²) in [5.41, 5.74) is 1.71. The molecular formula is C6H7IN5P. The van der Waals surface area contributed by atoms with Gasteiger partial charge in [-0.05, 0) is 22.0 Å². The zero-order valence-electron chi connectivity index (χ0n) is 6.82. The minimum atomic E-state index is 0.612. The molecule has 7 heteroatoms. The Morgan fingerprint density at radius 3 is 3.00 bits per heavy atom. The molecule has 2 aromatic rings. The molecule has 0 aromatic carbocycles. The third kappa shape index (κ3) is 1.48. The number of hydrogen-bond donors (Lipinski definition) is 1. The third-order valence-corrected chi connectivity index (χ3v) is 3.73. The zero-order chi connectivity index (χ0) is 9.26. The van der Waals surface area contributed by atoms with Gasteiger partial charge in [0, 0.05) is 7.05 Å². The maximum atomic E-state index is 4.24. The second-order valence-corrected chi connectivity index (χ2v) is 4.44. The Morgan fingerprint density at radius 1 is 1.46 bits per heavy atom. The number of nitrogens with one attached hydrogen (secondary N) is 1. The van der Waals surface area contributed by atoms with E-state index in [-0.39, 0.29) is 0 Å². The molecule has 68 valence electrons. The van der Waals surface area contributed by atoms with E-state index in [4.69, 9.17) is 0 Å². The summed E-state index contributed by atoms with van der Waals surface area (Å²) in [6.45, 7) is 0. The van der Waals surface area contributed by atoms with E-state index in [9.17, 15) is 0 Å². The number of rotatable bonds is 2. The molecule has 2 aromatic heterocycles. The van der Waals surface area contributed by atoms with Crippen molar-refractivity contribution in [3.63, 3.8) is 0 Å². The molecule has 0 saturated heterocycles. The van der Waals surface area contributed by atoms with Crippen molar-refractivity contribution < 1.29 is 0 Å². The number of anilines is 1. The summed E-state index contributed by atoms with van der Waals surface area (Å²) >= 11 is 2.29. The Labute approximate surface area is 89.7 Å². The number of fused-ring (bicyclic) bond motifs is 1. The molecule has 0 saturated carbocycles. The number of hydrogen-bond acceptors (Lipinski definition) is 4. The highest BCUT2D eigenvalue weighted by Crippen LogP contribution is 2.28. The highest BCUT2D eigenvalue weighted by molar-refractivity contribution is 14.2. The summed E-state index contributed by atoms with van der Waals surface area (Å²) in [6.07, 6.45) is 3.94. The third-order valence-electron chi connectivity index (χ3n) is 1.66. The van der Waals surface area contributed by atoms with Crippen molar-refractivity contribution in [2.45, 2.75) is 0 Å². The smallest absolute Gasteiger partial charge is 0.169 e. The normalized spacial score (nSPS) is 11.5. The largest absolute Gasteiger partial charge is 0.371 e. The predicted molar refractivity (Wildman–Crippen MR) is 62.6 cm³/mol. The Morgan fingerprint density at radius 2 is 2.31 bits per heavy atom. The van der Waals surface area contributed by atoms with Crippen molar-refractivity contribution in [3.8, 4) is 0 Å². The highest BCUT2D eigenvalue weighted by atomic mass is 127. The SMILES string of the molecule is CNc1ncnc2c1ncn2PI. The Bertz CT molecular complexity index is 428. The molecule has 0 aliphatic carbocycles. The monoisotopic (exact) mass is 307 g/mol. The van der Waals surface area contributed by atoms with Crippen molar-refractivity contribution >= 4 is 45.4 Å². The van der Waals surface area contributed by atoms with Crippen LogP contribution in [-0.2, 0) is 0 Å². The summed E-state index contributed by atoms with van der Waals surface area (Å²) in [6, 6.07) is 0. The Hall–Kier alpha value is -0.490. The van der Waals surface area contributed by atoms with Crippen molar-refractivity contribution in [3.05, 3.63) is 12.7 Å². The summed E-state index contributed by atoms with van der Waals surface area (Å²) in [7, 11) is 1.83. The lowest BCUT2D eigenvalue weighted by molar-refractivity contribution is 1.17. The molecule has 2 rings (SSSR count). The Kier molecular flexibility index (Phi) is 2.59. The maximum absolute atomic E-state index is 4.24. The molecule has 1 N–H and O–H groups in total. The van der Waals surface area contributed by atoms with Gasteiger partial charge < -0.3 is 5.32 Å². The fourth-order valence-electron chi connectivity index (χ4n) is 1.08. The van der Waals surface area contributed by atoms with E-state index in [0.29, 0.717) is 6.37 Å². The van der Waals surface area contributed by atoms with Crippen molar-refractivity contribution in [1.29, 1.82) is 0 Å². The molecule has 0 fully saturated rings. The standard InChI is InChI=1S/C6H7IN5P/c1-8-5-4-6(10-2-9-5)12(13-7)3-11-4/h2-3,13H,1H3,(H,8,9,10). The minimum absolute atomic E-state index is 0.612. The van der Waals surface area contributed by atoms with Crippen LogP contribution in [0.15, 0.2) is 12.7 Å². The minimum Gasteiger partial charge on any atom is -0.371 e. The fourth-order valence-corrected chi connectivity index (χ4v) is 2.48. The summed E-state index contributed by atoms with van der Waals surface area (Å²) in [4.78, 5) is 12.5. The van der Waals surface area contributed by atoms with Gasteiger partial charge in [-0.3, -0.25) is 4.34 Å². The van der Waals surface area contributed by atoms with E-state index in [2.05, 4.69) is 42.3 Å². The number of nitrogens with zero attached hydrogens (tertiary/aromatic N) is 4. The van der Waals surface area contributed by atoms with Gasteiger partial charge in [0.15, 0.2) is 17.0 Å². The van der Waals surface area contributed by atoms with E-state index < -0.39 is 0 Å². The van der Waals surface area contributed by atoms with Gasteiger partial charge in [-0.2, -0.15) is 0 Å². The first-order valence-corrected chi connectivity index (χ1v) is 7.65. The molecule has 0 radical (unpaired) electrons. The molecule has 2 heterocycles. The van der Waals surface area contributed by atoms with E-state index in [1.807, 2.05) is 11.4 Å². The molecule has 5 nitrogen and oxygen atoms in total. The molecule has 0 aliphatic heterocycles. The maximum Gasteiger partial charge on any atom is 0.169 e. The van der Waals surface area contributed by atoms with Gasteiger partial charge in [0.1, 0.15) is 12.7 Å². The van der Waals surface area contributed by atoms with Crippen LogP contribution in [0.2, 0.25) is 0 Å². The van der Waals surface area contributed by atoms with Crippen LogP contribution in [0.3, 0.4) is 0 Å². The van der Waals surface area contributed by atoms with Gasteiger partial charge in [0.25, 0.3) is 0 Å². The quantitative estimate of drug-likeness (QED) is 0.677. The molecule has 0 bridgehead atoms. The number of halogens is 1. The first kappa shape index (κ1) is 9.08. The van der Waals surface area contributed by atoms with Gasteiger partial charge in [0.05, 0.1) is 6.37 Å². The molecular weight excluding hydrogens is 300 g/mol. The van der Waals surface area contributed by atoms with Crippen LogP contribution in [0.1, 0.15) is 0 Å². The van der Waals surface area contributed by atoms with Gasteiger partial charge in [-0.1, -0.05) is 0 Å². The van der Waals surface area contributed by atoms with Crippen LogP contribution in [0.4, 0.5) is 5.82 Å². The van der Waals surface area contributed by atoms with E-state index in [1.54, 1.807) is 12.7 Å². The predicted octanol–water partition coefficient (Wildman–Crippen LogP) is 1.66. The summed E-state index contributed by atoms with van der Waals surface area (Å²) in [5, 5.41) is 2.98.